The van der Waals surface area contributed by atoms with Crippen LogP contribution in [0.5, 0.6) is 0 Å². The van der Waals surface area contributed by atoms with Crippen molar-refractivity contribution in [2.75, 3.05) is 0 Å². The number of ether oxygens (including phenoxy) is 1. The average Bonchev–Trinajstić information content (AvgIpc) is 2.96. The molecule has 1 aliphatic heterocycles. The molecule has 2 unspecified atom stereocenters. The third kappa shape index (κ3) is 3.35. The predicted molar refractivity (Wildman–Crippen MR) is 96.1 cm³/mol. The minimum absolute atomic E-state index is 0.0375. The monoisotopic (exact) mass is 325 g/mol. The van der Waals surface area contributed by atoms with Gasteiger partial charge in [0.15, 0.2) is 0 Å². The molecule has 0 saturated carbocycles. The van der Waals surface area contributed by atoms with E-state index in [0.717, 1.165) is 6.42 Å². The van der Waals surface area contributed by atoms with Gasteiger partial charge in [0.25, 0.3) is 0 Å². The Bertz CT molecular complexity index is 765. The number of nitrogens with one attached hydrogen (secondary N) is 2. The van der Waals surface area contributed by atoms with Crippen molar-refractivity contribution in [2.24, 2.45) is 4.99 Å². The fourth-order valence-corrected chi connectivity index (χ4v) is 3.06. The van der Waals surface area contributed by atoms with Gasteiger partial charge in [-0.05, 0) is 36.6 Å². The maximum atomic E-state index is 11.8. The second-order valence-electron chi connectivity index (χ2n) is 6.22. The van der Waals surface area contributed by atoms with E-state index in [2.05, 4.69) is 52.9 Å². The van der Waals surface area contributed by atoms with Crippen molar-refractivity contribution in [1.29, 1.82) is 0 Å². The van der Waals surface area contributed by atoms with Gasteiger partial charge in [0.2, 0.25) is 5.96 Å². The lowest BCUT2D eigenvalue weighted by atomic mass is 9.94. The number of carbonyl (C=O) groups is 1. The molecule has 5 nitrogen and oxygen atoms in total. The molecule has 126 valence electrons. The number of nitrogens with zero attached hydrogens (tertiary/aromatic N) is 1. The summed E-state index contributed by atoms with van der Waals surface area (Å²) in [5.41, 5.74) is 1.19. The number of rotatable bonds is 3. The topological polar surface area (TPSA) is 62.7 Å². The van der Waals surface area contributed by atoms with Crippen LogP contribution in [0.15, 0.2) is 47.5 Å². The van der Waals surface area contributed by atoms with Gasteiger partial charge in [-0.2, -0.15) is 0 Å². The number of carbonyl (C=O) groups excluding carboxylic acids is 1. The van der Waals surface area contributed by atoms with Gasteiger partial charge in [-0.1, -0.05) is 49.4 Å². The van der Waals surface area contributed by atoms with E-state index in [-0.39, 0.29) is 18.2 Å². The lowest BCUT2D eigenvalue weighted by Gasteiger charge is -2.20. The second-order valence-corrected chi connectivity index (χ2v) is 6.22. The summed E-state index contributed by atoms with van der Waals surface area (Å²) in [6.07, 6.45) is 0.234. The maximum Gasteiger partial charge on any atom is 0.414 e. The summed E-state index contributed by atoms with van der Waals surface area (Å²) in [6.45, 7) is 5.73. The molecule has 0 spiro atoms. The van der Waals surface area contributed by atoms with E-state index in [1.807, 2.05) is 26.0 Å². The molecule has 2 atom stereocenters. The first kappa shape index (κ1) is 16.3. The first-order chi connectivity index (χ1) is 11.6. The van der Waals surface area contributed by atoms with Gasteiger partial charge in [0.1, 0.15) is 0 Å². The van der Waals surface area contributed by atoms with Crippen LogP contribution in [0.2, 0.25) is 0 Å². The minimum Gasteiger partial charge on any atom is -0.447 e. The summed E-state index contributed by atoms with van der Waals surface area (Å²) >= 11 is 0. The minimum atomic E-state index is -0.482. The molecule has 1 aliphatic rings. The third-order valence-corrected chi connectivity index (χ3v) is 4.11. The number of benzene rings is 2. The Morgan fingerprint density at radius 1 is 1.25 bits per heavy atom. The van der Waals surface area contributed by atoms with E-state index in [9.17, 15) is 4.79 Å². The molecule has 0 aromatic heterocycles. The lowest BCUT2D eigenvalue weighted by molar-refractivity contribution is 0.120. The number of guanidine groups is 1. The Hall–Kier alpha value is -2.56. The number of hydrogen-bond donors (Lipinski definition) is 2. The molecule has 0 bridgehead atoms. The van der Waals surface area contributed by atoms with E-state index in [1.54, 1.807) is 0 Å². The molecule has 0 aliphatic carbocycles. The van der Waals surface area contributed by atoms with Gasteiger partial charge < -0.3 is 10.1 Å². The Labute approximate surface area is 142 Å². The second kappa shape index (κ2) is 6.91. The normalized spacial score (nSPS) is 19.9. The Kier molecular flexibility index (Phi) is 4.69. The van der Waals surface area contributed by atoms with Crippen LogP contribution in [-0.4, -0.2) is 24.2 Å². The van der Waals surface area contributed by atoms with Crippen molar-refractivity contribution < 1.29 is 9.53 Å². The van der Waals surface area contributed by atoms with Crippen molar-refractivity contribution in [2.45, 2.75) is 45.4 Å². The quantitative estimate of drug-likeness (QED) is 0.903. The van der Waals surface area contributed by atoms with Gasteiger partial charge in [-0.3, -0.25) is 5.32 Å². The number of aliphatic imine (C=N–C) groups is 1. The predicted octanol–water partition coefficient (Wildman–Crippen LogP) is 3.75. The highest BCUT2D eigenvalue weighted by Gasteiger charge is 2.30. The van der Waals surface area contributed by atoms with Gasteiger partial charge in [0.05, 0.1) is 18.2 Å². The first-order valence-corrected chi connectivity index (χ1v) is 8.38. The van der Waals surface area contributed by atoms with Crippen molar-refractivity contribution in [3.8, 4) is 0 Å². The zero-order valence-corrected chi connectivity index (χ0v) is 14.2. The SMILES string of the molecule is CCC1N=C(NC(=O)OC(C)C)NC1c1cccc2ccccc12. The lowest BCUT2D eigenvalue weighted by Crippen LogP contribution is -2.40. The first-order valence-electron chi connectivity index (χ1n) is 8.38. The largest absolute Gasteiger partial charge is 0.447 e. The Balaban J connectivity index is 1.83. The Morgan fingerprint density at radius 3 is 2.75 bits per heavy atom. The molecule has 2 N–H and O–H groups in total. The van der Waals surface area contributed by atoms with E-state index in [4.69, 9.17) is 4.74 Å². The molecular formula is C19H23N3O2. The standard InChI is InChI=1S/C19H23N3O2/c1-4-16-17(21-18(20-16)22-19(23)24-12(2)3)15-11-7-9-13-8-5-6-10-14(13)15/h5-12,16-17H,4H2,1-3H3,(H2,20,21,22,23). The van der Waals surface area contributed by atoms with Gasteiger partial charge in [-0.25, -0.2) is 9.79 Å². The molecule has 2 aromatic rings. The number of amides is 1. The van der Waals surface area contributed by atoms with Gasteiger partial charge in [0, 0.05) is 0 Å². The number of alkyl carbamates (subject to hydrolysis) is 1. The fourth-order valence-electron chi connectivity index (χ4n) is 3.06. The number of hydrogen-bond acceptors (Lipinski definition) is 4. The molecule has 1 amide bonds. The molecule has 24 heavy (non-hydrogen) atoms. The van der Waals surface area contributed by atoms with Crippen LogP contribution in [0.25, 0.3) is 10.8 Å². The third-order valence-electron chi connectivity index (χ3n) is 4.11. The molecule has 5 heteroatoms. The molecular weight excluding hydrogens is 302 g/mol. The van der Waals surface area contributed by atoms with Crippen LogP contribution in [0.4, 0.5) is 4.79 Å². The Morgan fingerprint density at radius 2 is 2.00 bits per heavy atom. The van der Waals surface area contributed by atoms with Gasteiger partial charge in [-0.15, -0.1) is 0 Å². The van der Waals surface area contributed by atoms with Crippen LogP contribution < -0.4 is 10.6 Å². The van der Waals surface area contributed by atoms with Gasteiger partial charge >= 0.3 is 6.09 Å². The van der Waals surface area contributed by atoms with Crippen LogP contribution in [0, 0.1) is 0 Å². The molecule has 0 fully saturated rings. The average molecular weight is 325 g/mol. The molecule has 2 aromatic carbocycles. The highest BCUT2D eigenvalue weighted by Crippen LogP contribution is 2.31. The van der Waals surface area contributed by atoms with Crippen LogP contribution in [0.1, 0.15) is 38.8 Å². The van der Waals surface area contributed by atoms with Crippen LogP contribution in [0.3, 0.4) is 0 Å². The molecule has 0 radical (unpaired) electrons. The van der Waals surface area contributed by atoms with E-state index in [1.165, 1.54) is 16.3 Å². The molecule has 3 rings (SSSR count). The van der Waals surface area contributed by atoms with E-state index >= 15 is 0 Å². The molecule has 0 saturated heterocycles. The van der Waals surface area contributed by atoms with Crippen molar-refractivity contribution in [3.05, 3.63) is 48.0 Å². The summed E-state index contributed by atoms with van der Waals surface area (Å²) in [4.78, 5) is 16.4. The van der Waals surface area contributed by atoms with Crippen molar-refractivity contribution in [3.63, 3.8) is 0 Å². The fraction of sp³-hybridized carbons (Fsp3) is 0.368. The van der Waals surface area contributed by atoms with E-state index in [0.29, 0.717) is 5.96 Å². The smallest absolute Gasteiger partial charge is 0.414 e. The van der Waals surface area contributed by atoms with Crippen molar-refractivity contribution in [1.82, 2.24) is 10.6 Å². The summed E-state index contributed by atoms with van der Waals surface area (Å²) in [7, 11) is 0. The summed E-state index contributed by atoms with van der Waals surface area (Å²) in [6, 6.07) is 14.7. The summed E-state index contributed by atoms with van der Waals surface area (Å²) in [5.74, 6) is 0.477. The summed E-state index contributed by atoms with van der Waals surface area (Å²) < 4.78 is 5.12. The zero-order chi connectivity index (χ0) is 17.1. The highest BCUT2D eigenvalue weighted by molar-refractivity contribution is 5.96. The molecule has 1 heterocycles. The maximum absolute atomic E-state index is 11.8. The van der Waals surface area contributed by atoms with Crippen LogP contribution >= 0.6 is 0 Å². The highest BCUT2D eigenvalue weighted by atomic mass is 16.6. The number of fused-ring (bicyclic) bond motifs is 1. The summed E-state index contributed by atoms with van der Waals surface area (Å²) in [5, 5.41) is 8.45. The zero-order valence-electron chi connectivity index (χ0n) is 14.2. The van der Waals surface area contributed by atoms with Crippen molar-refractivity contribution >= 4 is 22.8 Å². The van der Waals surface area contributed by atoms with E-state index < -0.39 is 6.09 Å². The van der Waals surface area contributed by atoms with Crippen LogP contribution in [-0.2, 0) is 4.74 Å².